The maximum absolute atomic E-state index is 12.4. The van der Waals surface area contributed by atoms with E-state index < -0.39 is 0 Å². The van der Waals surface area contributed by atoms with Gasteiger partial charge in [-0.1, -0.05) is 30.3 Å². The summed E-state index contributed by atoms with van der Waals surface area (Å²) in [5.41, 5.74) is 2.22. The van der Waals surface area contributed by atoms with Gasteiger partial charge in [0.2, 0.25) is 0 Å². The molecule has 0 aliphatic carbocycles. The lowest BCUT2D eigenvalue weighted by Crippen LogP contribution is -2.19. The van der Waals surface area contributed by atoms with Crippen molar-refractivity contribution >= 4 is 11.6 Å². The Morgan fingerprint density at radius 3 is 2.40 bits per heavy atom. The second kappa shape index (κ2) is 5.45. The molecule has 0 spiro atoms. The predicted molar refractivity (Wildman–Crippen MR) is 80.3 cm³/mol. The minimum absolute atomic E-state index is 0.0450. The molecule has 1 aliphatic rings. The van der Waals surface area contributed by atoms with Crippen molar-refractivity contribution < 1.29 is 4.79 Å². The van der Waals surface area contributed by atoms with E-state index in [-0.39, 0.29) is 5.78 Å². The Kier molecular flexibility index (Phi) is 3.50. The molecule has 3 nitrogen and oxygen atoms in total. The normalized spacial score (nSPS) is 14.6. The minimum atomic E-state index is 0.0450. The van der Waals surface area contributed by atoms with Gasteiger partial charge in [0.25, 0.3) is 0 Å². The predicted octanol–water partition coefficient (Wildman–Crippen LogP) is 3.22. The van der Waals surface area contributed by atoms with Crippen molar-refractivity contribution in [1.29, 1.82) is 0 Å². The second-order valence-corrected chi connectivity index (χ2v) is 5.19. The molecule has 0 N–H and O–H groups in total. The van der Waals surface area contributed by atoms with Gasteiger partial charge >= 0.3 is 0 Å². The Morgan fingerprint density at radius 1 is 1.05 bits per heavy atom. The average Bonchev–Trinajstić information content (AvgIpc) is 3.01. The molecule has 3 heteroatoms. The van der Waals surface area contributed by atoms with Crippen molar-refractivity contribution in [2.45, 2.75) is 19.8 Å². The lowest BCUT2D eigenvalue weighted by Gasteiger charge is -2.17. The first kappa shape index (κ1) is 12.9. The largest absolute Gasteiger partial charge is 0.357 e. The van der Waals surface area contributed by atoms with Crippen LogP contribution >= 0.6 is 0 Å². The zero-order valence-electron chi connectivity index (χ0n) is 11.7. The molecule has 3 rings (SSSR count). The molecular weight excluding hydrogens is 248 g/mol. The Labute approximate surface area is 119 Å². The third-order valence-electron chi connectivity index (χ3n) is 3.78. The second-order valence-electron chi connectivity index (χ2n) is 5.19. The van der Waals surface area contributed by atoms with E-state index in [2.05, 4.69) is 9.88 Å². The summed E-state index contributed by atoms with van der Waals surface area (Å²) in [5, 5.41) is 0. The highest BCUT2D eigenvalue weighted by Gasteiger charge is 2.17. The Balaban J connectivity index is 1.89. The van der Waals surface area contributed by atoms with Gasteiger partial charge in [-0.15, -0.1) is 0 Å². The number of aromatic nitrogens is 1. The van der Waals surface area contributed by atoms with E-state index in [1.165, 1.54) is 12.8 Å². The Bertz CT molecular complexity index is 616. The lowest BCUT2D eigenvalue weighted by molar-refractivity contribution is 0.103. The van der Waals surface area contributed by atoms with Crippen LogP contribution in [-0.4, -0.2) is 23.9 Å². The van der Waals surface area contributed by atoms with Crippen molar-refractivity contribution in [2.75, 3.05) is 18.0 Å². The van der Waals surface area contributed by atoms with E-state index in [1.54, 1.807) is 0 Å². The summed E-state index contributed by atoms with van der Waals surface area (Å²) in [4.78, 5) is 19.3. The number of hydrogen-bond donors (Lipinski definition) is 0. The van der Waals surface area contributed by atoms with E-state index in [0.29, 0.717) is 11.1 Å². The molecule has 0 amide bonds. The topological polar surface area (TPSA) is 33.2 Å². The zero-order chi connectivity index (χ0) is 13.9. The molecule has 102 valence electrons. The van der Waals surface area contributed by atoms with Crippen LogP contribution in [0.3, 0.4) is 0 Å². The van der Waals surface area contributed by atoms with Gasteiger partial charge < -0.3 is 4.90 Å². The van der Waals surface area contributed by atoms with E-state index >= 15 is 0 Å². The molecule has 1 aliphatic heterocycles. The first-order valence-electron chi connectivity index (χ1n) is 7.08. The highest BCUT2D eigenvalue weighted by Crippen LogP contribution is 2.21. The summed E-state index contributed by atoms with van der Waals surface area (Å²) >= 11 is 0. The number of aryl methyl sites for hydroxylation is 1. The van der Waals surface area contributed by atoms with Gasteiger partial charge in [0.1, 0.15) is 5.82 Å². The van der Waals surface area contributed by atoms with Crippen LogP contribution < -0.4 is 4.90 Å². The van der Waals surface area contributed by atoms with Gasteiger partial charge in [0.15, 0.2) is 5.78 Å². The van der Waals surface area contributed by atoms with Crippen molar-refractivity contribution in [3.8, 4) is 0 Å². The third kappa shape index (κ3) is 2.44. The van der Waals surface area contributed by atoms with E-state index in [0.717, 1.165) is 24.6 Å². The number of anilines is 1. The van der Waals surface area contributed by atoms with Gasteiger partial charge in [-0.2, -0.15) is 0 Å². The molecule has 0 atom stereocenters. The Morgan fingerprint density at radius 2 is 1.75 bits per heavy atom. The van der Waals surface area contributed by atoms with E-state index in [9.17, 15) is 4.79 Å². The summed E-state index contributed by atoms with van der Waals surface area (Å²) in [6.07, 6.45) is 2.46. The van der Waals surface area contributed by atoms with Crippen molar-refractivity contribution in [3.63, 3.8) is 0 Å². The molecule has 0 unspecified atom stereocenters. The number of carbonyl (C=O) groups excluding carboxylic acids is 1. The lowest BCUT2D eigenvalue weighted by atomic mass is 10.0. The average molecular weight is 266 g/mol. The fourth-order valence-electron chi connectivity index (χ4n) is 2.66. The third-order valence-corrected chi connectivity index (χ3v) is 3.78. The van der Waals surface area contributed by atoms with Gasteiger partial charge in [-0.05, 0) is 31.9 Å². The quantitative estimate of drug-likeness (QED) is 0.800. The summed E-state index contributed by atoms with van der Waals surface area (Å²) < 4.78 is 0. The molecule has 0 bridgehead atoms. The van der Waals surface area contributed by atoms with Crippen molar-refractivity contribution in [2.24, 2.45) is 0 Å². The van der Waals surface area contributed by atoms with Crippen LogP contribution in [0.15, 0.2) is 42.5 Å². The SMILES string of the molecule is Cc1nc(N2CCCC2)ccc1C(=O)c1ccccc1. The molecule has 2 aromatic rings. The molecule has 0 radical (unpaired) electrons. The number of hydrogen-bond acceptors (Lipinski definition) is 3. The maximum atomic E-state index is 12.4. The van der Waals surface area contributed by atoms with Crippen LogP contribution in [0.4, 0.5) is 5.82 Å². The van der Waals surface area contributed by atoms with Crippen LogP contribution in [0.25, 0.3) is 0 Å². The number of ketones is 1. The van der Waals surface area contributed by atoms with Gasteiger partial charge in [0, 0.05) is 24.2 Å². The maximum Gasteiger partial charge on any atom is 0.194 e. The molecule has 20 heavy (non-hydrogen) atoms. The van der Waals surface area contributed by atoms with Gasteiger partial charge in [-0.3, -0.25) is 4.79 Å². The van der Waals surface area contributed by atoms with E-state index in [4.69, 9.17) is 0 Å². The number of pyridine rings is 1. The van der Waals surface area contributed by atoms with Crippen LogP contribution in [-0.2, 0) is 0 Å². The summed E-state index contributed by atoms with van der Waals surface area (Å²) in [6.45, 7) is 4.05. The minimum Gasteiger partial charge on any atom is -0.357 e. The van der Waals surface area contributed by atoms with Crippen LogP contribution in [0.2, 0.25) is 0 Å². The van der Waals surface area contributed by atoms with E-state index in [1.807, 2.05) is 49.4 Å². The smallest absolute Gasteiger partial charge is 0.194 e. The number of nitrogens with zero attached hydrogens (tertiary/aromatic N) is 2. The Hall–Kier alpha value is -2.16. The fraction of sp³-hybridized carbons (Fsp3) is 0.294. The number of rotatable bonds is 3. The van der Waals surface area contributed by atoms with Crippen LogP contribution in [0.1, 0.15) is 34.5 Å². The molecule has 1 fully saturated rings. The van der Waals surface area contributed by atoms with Crippen LogP contribution in [0.5, 0.6) is 0 Å². The summed E-state index contributed by atoms with van der Waals surface area (Å²) in [6, 6.07) is 13.2. The first-order chi connectivity index (χ1) is 9.75. The monoisotopic (exact) mass is 266 g/mol. The van der Waals surface area contributed by atoms with Gasteiger partial charge in [-0.25, -0.2) is 4.98 Å². The summed E-state index contributed by atoms with van der Waals surface area (Å²) in [7, 11) is 0. The highest BCUT2D eigenvalue weighted by molar-refractivity contribution is 6.09. The molecule has 1 aromatic carbocycles. The molecule has 2 heterocycles. The van der Waals surface area contributed by atoms with Gasteiger partial charge in [0.05, 0.1) is 5.69 Å². The van der Waals surface area contributed by atoms with Crippen molar-refractivity contribution in [3.05, 3.63) is 59.3 Å². The standard InChI is InChI=1S/C17H18N2O/c1-13-15(17(20)14-7-3-2-4-8-14)9-10-16(18-13)19-11-5-6-12-19/h2-4,7-10H,5-6,11-12H2,1H3. The molecule has 1 saturated heterocycles. The van der Waals surface area contributed by atoms with Crippen LogP contribution in [0, 0.1) is 6.92 Å². The molecular formula is C17H18N2O. The number of benzene rings is 1. The zero-order valence-corrected chi connectivity index (χ0v) is 11.7. The molecule has 0 saturated carbocycles. The van der Waals surface area contributed by atoms with Crippen molar-refractivity contribution in [1.82, 2.24) is 4.98 Å². The first-order valence-corrected chi connectivity index (χ1v) is 7.08. The molecule has 1 aromatic heterocycles. The fourth-order valence-corrected chi connectivity index (χ4v) is 2.66. The highest BCUT2D eigenvalue weighted by atomic mass is 16.1. The number of carbonyl (C=O) groups is 1. The summed E-state index contributed by atoms with van der Waals surface area (Å²) in [5.74, 6) is 1.04.